The van der Waals surface area contributed by atoms with E-state index in [1.165, 1.54) is 0 Å². The zero-order valence-corrected chi connectivity index (χ0v) is 8.79. The molecule has 1 aromatic carbocycles. The first kappa shape index (κ1) is 10.2. The van der Waals surface area contributed by atoms with Crippen LogP contribution in [-0.2, 0) is 11.2 Å². The van der Waals surface area contributed by atoms with Crippen LogP contribution in [0, 0.1) is 0 Å². The zero-order valence-electron chi connectivity index (χ0n) is 8.79. The van der Waals surface area contributed by atoms with E-state index in [0.717, 1.165) is 29.9 Å². The number of rotatable bonds is 4. The number of benzene rings is 1. The third kappa shape index (κ3) is 2.18. The number of carbonyl (C=O) groups is 1. The van der Waals surface area contributed by atoms with Gasteiger partial charge in [-0.15, -0.1) is 0 Å². The highest BCUT2D eigenvalue weighted by atomic mass is 16.5. The SMILES string of the molecule is COCCC(=O)c1ccc2c(c1)CCO2. The van der Waals surface area contributed by atoms with Gasteiger partial charge in [0.2, 0.25) is 0 Å². The molecule has 0 aliphatic carbocycles. The van der Waals surface area contributed by atoms with Crippen molar-refractivity contribution in [3.63, 3.8) is 0 Å². The number of fused-ring (bicyclic) bond motifs is 1. The second kappa shape index (κ2) is 4.45. The van der Waals surface area contributed by atoms with E-state index in [0.29, 0.717) is 13.0 Å². The summed E-state index contributed by atoms with van der Waals surface area (Å²) in [4.78, 5) is 11.7. The van der Waals surface area contributed by atoms with Crippen molar-refractivity contribution in [2.24, 2.45) is 0 Å². The molecule has 0 unspecified atom stereocenters. The normalized spacial score (nSPS) is 13.4. The van der Waals surface area contributed by atoms with Crippen LogP contribution in [-0.4, -0.2) is 26.1 Å². The minimum Gasteiger partial charge on any atom is -0.493 e. The molecular weight excluding hydrogens is 192 g/mol. The Balaban J connectivity index is 2.12. The molecule has 0 spiro atoms. The first-order valence-corrected chi connectivity index (χ1v) is 5.09. The Bertz CT molecular complexity index is 371. The molecule has 2 rings (SSSR count). The Morgan fingerprint density at radius 1 is 1.53 bits per heavy atom. The van der Waals surface area contributed by atoms with Crippen molar-refractivity contribution in [2.75, 3.05) is 20.3 Å². The van der Waals surface area contributed by atoms with E-state index < -0.39 is 0 Å². The third-order valence-electron chi connectivity index (χ3n) is 2.54. The van der Waals surface area contributed by atoms with Crippen LogP contribution in [0.1, 0.15) is 22.3 Å². The lowest BCUT2D eigenvalue weighted by Crippen LogP contribution is -2.03. The van der Waals surface area contributed by atoms with E-state index in [4.69, 9.17) is 9.47 Å². The number of Topliss-reactive ketones (excluding diaryl/α,β-unsaturated/α-hetero) is 1. The van der Waals surface area contributed by atoms with Crippen LogP contribution >= 0.6 is 0 Å². The zero-order chi connectivity index (χ0) is 10.7. The van der Waals surface area contributed by atoms with Gasteiger partial charge < -0.3 is 9.47 Å². The molecule has 80 valence electrons. The summed E-state index contributed by atoms with van der Waals surface area (Å²) < 4.78 is 10.3. The quantitative estimate of drug-likeness (QED) is 0.705. The Kier molecular flexibility index (Phi) is 3.02. The standard InChI is InChI=1S/C12H14O3/c1-14-6-5-11(13)9-2-3-12-10(8-9)4-7-15-12/h2-3,8H,4-7H2,1H3. The molecule has 0 radical (unpaired) electrons. The summed E-state index contributed by atoms with van der Waals surface area (Å²) >= 11 is 0. The van der Waals surface area contributed by atoms with Crippen molar-refractivity contribution < 1.29 is 14.3 Å². The molecule has 3 heteroatoms. The van der Waals surface area contributed by atoms with Gasteiger partial charge in [0.1, 0.15) is 5.75 Å². The van der Waals surface area contributed by atoms with Gasteiger partial charge >= 0.3 is 0 Å². The Labute approximate surface area is 89.0 Å². The average Bonchev–Trinajstić information content (AvgIpc) is 2.72. The maximum absolute atomic E-state index is 11.7. The number of methoxy groups -OCH3 is 1. The number of carbonyl (C=O) groups excluding carboxylic acids is 1. The van der Waals surface area contributed by atoms with E-state index >= 15 is 0 Å². The number of hydrogen-bond acceptors (Lipinski definition) is 3. The van der Waals surface area contributed by atoms with Crippen molar-refractivity contribution >= 4 is 5.78 Å². The van der Waals surface area contributed by atoms with Gasteiger partial charge in [-0.25, -0.2) is 0 Å². The van der Waals surface area contributed by atoms with Gasteiger partial charge in [-0.1, -0.05) is 0 Å². The molecule has 3 nitrogen and oxygen atoms in total. The van der Waals surface area contributed by atoms with Crippen molar-refractivity contribution in [2.45, 2.75) is 12.8 Å². The van der Waals surface area contributed by atoms with Gasteiger partial charge in [0.25, 0.3) is 0 Å². The number of ether oxygens (including phenoxy) is 2. The summed E-state index contributed by atoms with van der Waals surface area (Å²) in [5.41, 5.74) is 1.90. The van der Waals surface area contributed by atoms with Gasteiger partial charge in [0.05, 0.1) is 13.2 Å². The molecule has 0 amide bonds. The summed E-state index contributed by atoms with van der Waals surface area (Å²) in [5, 5.41) is 0. The Morgan fingerprint density at radius 2 is 2.40 bits per heavy atom. The Hall–Kier alpha value is -1.35. The maximum Gasteiger partial charge on any atom is 0.165 e. The fourth-order valence-corrected chi connectivity index (χ4v) is 1.70. The van der Waals surface area contributed by atoms with E-state index in [-0.39, 0.29) is 5.78 Å². The molecule has 1 aromatic rings. The van der Waals surface area contributed by atoms with E-state index in [1.807, 2.05) is 18.2 Å². The van der Waals surface area contributed by atoms with Crippen LogP contribution in [0.2, 0.25) is 0 Å². The van der Waals surface area contributed by atoms with Crippen LogP contribution in [0.25, 0.3) is 0 Å². The smallest absolute Gasteiger partial charge is 0.165 e. The summed E-state index contributed by atoms with van der Waals surface area (Å²) in [7, 11) is 1.60. The highest BCUT2D eigenvalue weighted by Gasteiger charge is 2.14. The maximum atomic E-state index is 11.7. The summed E-state index contributed by atoms with van der Waals surface area (Å²) in [6, 6.07) is 5.63. The Morgan fingerprint density at radius 3 is 3.20 bits per heavy atom. The number of hydrogen-bond donors (Lipinski definition) is 0. The fraction of sp³-hybridized carbons (Fsp3) is 0.417. The lowest BCUT2D eigenvalue weighted by molar-refractivity contribution is 0.0932. The molecule has 0 fully saturated rings. The fourth-order valence-electron chi connectivity index (χ4n) is 1.70. The van der Waals surface area contributed by atoms with Gasteiger partial charge in [0.15, 0.2) is 5.78 Å². The first-order chi connectivity index (χ1) is 7.31. The molecule has 1 aliphatic heterocycles. The van der Waals surface area contributed by atoms with Crippen molar-refractivity contribution in [1.29, 1.82) is 0 Å². The predicted molar refractivity (Wildman–Crippen MR) is 56.5 cm³/mol. The van der Waals surface area contributed by atoms with Crippen LogP contribution in [0.15, 0.2) is 18.2 Å². The van der Waals surface area contributed by atoms with Gasteiger partial charge in [-0.2, -0.15) is 0 Å². The van der Waals surface area contributed by atoms with Gasteiger partial charge in [-0.05, 0) is 23.8 Å². The van der Waals surface area contributed by atoms with E-state index in [1.54, 1.807) is 7.11 Å². The van der Waals surface area contributed by atoms with Crippen LogP contribution in [0.4, 0.5) is 0 Å². The number of ketones is 1. The minimum atomic E-state index is 0.131. The van der Waals surface area contributed by atoms with E-state index in [2.05, 4.69) is 0 Å². The minimum absolute atomic E-state index is 0.131. The average molecular weight is 206 g/mol. The van der Waals surface area contributed by atoms with Crippen LogP contribution in [0.3, 0.4) is 0 Å². The monoisotopic (exact) mass is 206 g/mol. The van der Waals surface area contributed by atoms with Crippen molar-refractivity contribution in [3.8, 4) is 5.75 Å². The molecule has 1 heterocycles. The molecule has 0 aromatic heterocycles. The molecule has 0 bridgehead atoms. The molecule has 1 aliphatic rings. The lowest BCUT2D eigenvalue weighted by atomic mass is 10.0. The van der Waals surface area contributed by atoms with Crippen molar-refractivity contribution in [3.05, 3.63) is 29.3 Å². The molecule has 0 N–H and O–H groups in total. The highest BCUT2D eigenvalue weighted by Crippen LogP contribution is 2.26. The molecule has 15 heavy (non-hydrogen) atoms. The topological polar surface area (TPSA) is 35.5 Å². The van der Waals surface area contributed by atoms with Crippen LogP contribution < -0.4 is 4.74 Å². The molecule has 0 atom stereocenters. The highest BCUT2D eigenvalue weighted by molar-refractivity contribution is 5.96. The molecular formula is C12H14O3. The second-order valence-corrected chi connectivity index (χ2v) is 3.59. The summed E-state index contributed by atoms with van der Waals surface area (Å²) in [5.74, 6) is 1.05. The molecule has 0 saturated heterocycles. The predicted octanol–water partition coefficient (Wildman–Crippen LogP) is 1.84. The van der Waals surface area contributed by atoms with Crippen molar-refractivity contribution in [1.82, 2.24) is 0 Å². The van der Waals surface area contributed by atoms with Gasteiger partial charge in [-0.3, -0.25) is 4.79 Å². The second-order valence-electron chi connectivity index (χ2n) is 3.59. The van der Waals surface area contributed by atoms with Crippen LogP contribution in [0.5, 0.6) is 5.75 Å². The lowest BCUT2D eigenvalue weighted by Gasteiger charge is -2.03. The van der Waals surface area contributed by atoms with Gasteiger partial charge in [0, 0.05) is 25.5 Å². The summed E-state index contributed by atoms with van der Waals surface area (Å²) in [6.07, 6.45) is 1.34. The summed E-state index contributed by atoms with van der Waals surface area (Å²) in [6.45, 7) is 1.21. The molecule has 0 saturated carbocycles. The third-order valence-corrected chi connectivity index (χ3v) is 2.54. The first-order valence-electron chi connectivity index (χ1n) is 5.09. The van der Waals surface area contributed by atoms with E-state index in [9.17, 15) is 4.79 Å². The largest absolute Gasteiger partial charge is 0.493 e.